The molecule has 106 valence electrons. The first kappa shape index (κ1) is 14.9. The van der Waals surface area contributed by atoms with Crippen LogP contribution in [0, 0.1) is 5.92 Å². The van der Waals surface area contributed by atoms with E-state index in [0.29, 0.717) is 19.3 Å². The lowest BCUT2D eigenvalue weighted by Gasteiger charge is -2.38. The molecule has 1 fully saturated rings. The summed E-state index contributed by atoms with van der Waals surface area (Å²) in [5.41, 5.74) is 6.84. The van der Waals surface area contributed by atoms with Gasteiger partial charge in [0.05, 0.1) is 5.92 Å². The number of hydrogen-bond acceptors (Lipinski definition) is 1. The molecule has 1 saturated carbocycles. The first-order valence-electron chi connectivity index (χ1n) is 6.39. The molecular formula is C14H17BrF3N. The number of rotatable bonds is 2. The summed E-state index contributed by atoms with van der Waals surface area (Å²) < 4.78 is 38.8. The normalized spacial score (nSPS) is 28.4. The summed E-state index contributed by atoms with van der Waals surface area (Å²) in [6.07, 6.45) is -2.27. The molecule has 0 bridgehead atoms. The number of benzene rings is 1. The molecule has 0 unspecified atom stereocenters. The van der Waals surface area contributed by atoms with Gasteiger partial charge in [0.2, 0.25) is 0 Å². The van der Waals surface area contributed by atoms with Gasteiger partial charge in [-0.2, -0.15) is 13.2 Å². The molecule has 2 N–H and O–H groups in total. The van der Waals surface area contributed by atoms with Gasteiger partial charge in [-0.3, -0.25) is 0 Å². The van der Waals surface area contributed by atoms with Crippen LogP contribution in [-0.2, 0) is 6.42 Å². The highest BCUT2D eigenvalue weighted by Crippen LogP contribution is 2.41. The van der Waals surface area contributed by atoms with Crippen LogP contribution in [-0.4, -0.2) is 11.7 Å². The van der Waals surface area contributed by atoms with Crippen molar-refractivity contribution in [3.8, 4) is 0 Å². The Balaban J connectivity index is 1.99. The fraction of sp³-hybridized carbons (Fsp3) is 0.571. The van der Waals surface area contributed by atoms with Gasteiger partial charge in [0.1, 0.15) is 0 Å². The highest BCUT2D eigenvalue weighted by atomic mass is 79.9. The Morgan fingerprint density at radius 2 is 1.89 bits per heavy atom. The average molecular weight is 336 g/mol. The second-order valence-corrected chi connectivity index (χ2v) is 6.40. The van der Waals surface area contributed by atoms with Gasteiger partial charge >= 0.3 is 6.18 Å². The summed E-state index contributed by atoms with van der Waals surface area (Å²) in [7, 11) is 0. The van der Waals surface area contributed by atoms with Gasteiger partial charge in [-0.25, -0.2) is 0 Å². The summed E-state index contributed by atoms with van der Waals surface area (Å²) in [6.45, 7) is 0. The summed E-state index contributed by atoms with van der Waals surface area (Å²) >= 11 is 3.39. The Labute approximate surface area is 119 Å². The Kier molecular flexibility index (Phi) is 4.26. The van der Waals surface area contributed by atoms with Crippen molar-refractivity contribution in [3.05, 3.63) is 34.3 Å². The monoisotopic (exact) mass is 335 g/mol. The molecule has 0 amide bonds. The Bertz CT molecular complexity index is 437. The van der Waals surface area contributed by atoms with E-state index in [9.17, 15) is 13.2 Å². The van der Waals surface area contributed by atoms with Gasteiger partial charge in [0, 0.05) is 10.0 Å². The maximum atomic E-state index is 12.6. The fourth-order valence-corrected chi connectivity index (χ4v) is 3.20. The zero-order valence-electron chi connectivity index (χ0n) is 10.5. The van der Waals surface area contributed by atoms with Crippen molar-refractivity contribution in [2.45, 2.75) is 43.8 Å². The summed E-state index contributed by atoms with van der Waals surface area (Å²) in [5, 5.41) is 0. The largest absolute Gasteiger partial charge is 0.391 e. The van der Waals surface area contributed by atoms with Crippen molar-refractivity contribution >= 4 is 15.9 Å². The van der Waals surface area contributed by atoms with E-state index in [-0.39, 0.29) is 12.8 Å². The molecular weight excluding hydrogens is 319 g/mol. The molecule has 1 nitrogen and oxygen atoms in total. The third-order valence-electron chi connectivity index (χ3n) is 3.89. The van der Waals surface area contributed by atoms with Gasteiger partial charge < -0.3 is 5.73 Å². The zero-order chi connectivity index (χ0) is 14.1. The van der Waals surface area contributed by atoms with Crippen LogP contribution in [0.1, 0.15) is 31.2 Å². The number of nitrogens with two attached hydrogens (primary N) is 1. The van der Waals surface area contributed by atoms with Gasteiger partial charge in [-0.1, -0.05) is 28.1 Å². The van der Waals surface area contributed by atoms with E-state index >= 15 is 0 Å². The number of alkyl halides is 3. The molecule has 0 aliphatic heterocycles. The molecule has 1 aliphatic rings. The smallest absolute Gasteiger partial charge is 0.325 e. The topological polar surface area (TPSA) is 26.0 Å². The molecule has 0 radical (unpaired) electrons. The van der Waals surface area contributed by atoms with E-state index in [4.69, 9.17) is 5.73 Å². The van der Waals surface area contributed by atoms with Gasteiger partial charge in [-0.15, -0.1) is 0 Å². The molecule has 0 aromatic heterocycles. The van der Waals surface area contributed by atoms with Crippen molar-refractivity contribution in [3.63, 3.8) is 0 Å². The van der Waals surface area contributed by atoms with Crippen molar-refractivity contribution in [1.82, 2.24) is 0 Å². The summed E-state index contributed by atoms with van der Waals surface area (Å²) in [5.74, 6) is -1.17. The Morgan fingerprint density at radius 1 is 1.26 bits per heavy atom. The van der Waals surface area contributed by atoms with Crippen molar-refractivity contribution in [1.29, 1.82) is 0 Å². The first-order chi connectivity index (χ1) is 8.78. The average Bonchev–Trinajstić information content (AvgIpc) is 2.27. The molecule has 0 heterocycles. The fourth-order valence-electron chi connectivity index (χ4n) is 2.75. The van der Waals surface area contributed by atoms with Gasteiger partial charge in [0.15, 0.2) is 0 Å². The molecule has 0 spiro atoms. The minimum Gasteiger partial charge on any atom is -0.325 e. The number of hydrogen-bond donors (Lipinski definition) is 1. The molecule has 1 aromatic rings. The minimum atomic E-state index is -4.07. The lowest BCUT2D eigenvalue weighted by Crippen LogP contribution is -2.47. The predicted molar refractivity (Wildman–Crippen MR) is 72.8 cm³/mol. The van der Waals surface area contributed by atoms with Gasteiger partial charge in [-0.05, 0) is 49.8 Å². The van der Waals surface area contributed by atoms with Crippen LogP contribution in [0.4, 0.5) is 13.2 Å². The van der Waals surface area contributed by atoms with E-state index in [2.05, 4.69) is 15.9 Å². The van der Waals surface area contributed by atoms with E-state index in [1.165, 1.54) is 0 Å². The van der Waals surface area contributed by atoms with E-state index in [0.717, 1.165) is 10.0 Å². The van der Waals surface area contributed by atoms with Crippen molar-refractivity contribution < 1.29 is 13.2 Å². The quantitative estimate of drug-likeness (QED) is 0.849. The lowest BCUT2D eigenvalue weighted by molar-refractivity contribution is -0.184. The van der Waals surface area contributed by atoms with Crippen LogP contribution in [0.5, 0.6) is 0 Å². The standard InChI is InChI=1S/C14H17BrF3N/c15-12-3-1-2-10(8-12)9-13(19)6-4-11(5-7-13)14(16,17)18/h1-3,8,11H,4-7,9,19H2. The molecule has 1 aliphatic carbocycles. The Hall–Kier alpha value is -0.550. The molecule has 0 atom stereocenters. The maximum absolute atomic E-state index is 12.6. The van der Waals surface area contributed by atoms with Crippen LogP contribution in [0.3, 0.4) is 0 Å². The van der Waals surface area contributed by atoms with Crippen LogP contribution < -0.4 is 5.73 Å². The maximum Gasteiger partial charge on any atom is 0.391 e. The lowest BCUT2D eigenvalue weighted by atomic mass is 9.74. The third kappa shape index (κ3) is 3.96. The van der Waals surface area contributed by atoms with Crippen molar-refractivity contribution in [2.24, 2.45) is 11.7 Å². The second kappa shape index (κ2) is 5.44. The van der Waals surface area contributed by atoms with Crippen LogP contribution in [0.2, 0.25) is 0 Å². The minimum absolute atomic E-state index is 0.147. The molecule has 1 aromatic carbocycles. The second-order valence-electron chi connectivity index (χ2n) is 5.48. The summed E-state index contributed by atoms with van der Waals surface area (Å²) in [6, 6.07) is 7.79. The molecule has 0 saturated heterocycles. The summed E-state index contributed by atoms with van der Waals surface area (Å²) in [4.78, 5) is 0. The van der Waals surface area contributed by atoms with Gasteiger partial charge in [0.25, 0.3) is 0 Å². The van der Waals surface area contributed by atoms with Crippen LogP contribution in [0.15, 0.2) is 28.7 Å². The van der Waals surface area contributed by atoms with E-state index in [1.807, 2.05) is 24.3 Å². The van der Waals surface area contributed by atoms with Crippen LogP contribution in [0.25, 0.3) is 0 Å². The third-order valence-corrected chi connectivity index (χ3v) is 4.38. The first-order valence-corrected chi connectivity index (χ1v) is 7.18. The van der Waals surface area contributed by atoms with Crippen LogP contribution >= 0.6 is 15.9 Å². The molecule has 19 heavy (non-hydrogen) atoms. The zero-order valence-corrected chi connectivity index (χ0v) is 12.1. The SMILES string of the molecule is NC1(Cc2cccc(Br)c2)CCC(C(F)(F)F)CC1. The molecule has 2 rings (SSSR count). The predicted octanol–water partition coefficient (Wildman–Crippen LogP) is 4.44. The van der Waals surface area contributed by atoms with Crippen molar-refractivity contribution in [2.75, 3.05) is 0 Å². The number of halogens is 4. The Morgan fingerprint density at radius 3 is 2.42 bits per heavy atom. The highest BCUT2D eigenvalue weighted by Gasteiger charge is 2.44. The van der Waals surface area contributed by atoms with E-state index < -0.39 is 17.6 Å². The highest BCUT2D eigenvalue weighted by molar-refractivity contribution is 9.10. The van der Waals surface area contributed by atoms with E-state index in [1.54, 1.807) is 0 Å². The molecule has 5 heteroatoms.